The molecule has 0 aliphatic carbocycles. The first-order valence-corrected chi connectivity index (χ1v) is 7.64. The molecule has 3 rings (SSSR count). The van der Waals surface area contributed by atoms with E-state index in [2.05, 4.69) is 25.7 Å². The van der Waals surface area contributed by atoms with Crippen molar-refractivity contribution in [3.63, 3.8) is 0 Å². The maximum absolute atomic E-state index is 13.9. The van der Waals surface area contributed by atoms with Crippen molar-refractivity contribution in [2.24, 2.45) is 0 Å². The van der Waals surface area contributed by atoms with Gasteiger partial charge in [-0.1, -0.05) is 12.1 Å². The van der Waals surface area contributed by atoms with Crippen LogP contribution in [-0.4, -0.2) is 25.7 Å². The Kier molecular flexibility index (Phi) is 4.42. The lowest BCUT2D eigenvalue weighted by Crippen LogP contribution is -2.13. The number of aryl methyl sites for hydroxylation is 2. The molecule has 0 saturated heterocycles. The molecule has 0 unspecified atom stereocenters. The molecule has 0 bridgehead atoms. The van der Waals surface area contributed by atoms with Gasteiger partial charge in [0.1, 0.15) is 17.5 Å². The number of carbonyl (C=O) groups excluding carboxylic acids is 1. The van der Waals surface area contributed by atoms with Gasteiger partial charge in [0.2, 0.25) is 5.91 Å². The molecular formula is C17H17FN6O. The fourth-order valence-electron chi connectivity index (χ4n) is 2.37. The van der Waals surface area contributed by atoms with Gasteiger partial charge in [-0.15, -0.1) is 0 Å². The molecule has 1 amide bonds. The average molecular weight is 340 g/mol. The third-order valence-corrected chi connectivity index (χ3v) is 3.35. The van der Waals surface area contributed by atoms with Crippen molar-refractivity contribution in [2.45, 2.75) is 20.8 Å². The van der Waals surface area contributed by atoms with Gasteiger partial charge in [0.15, 0.2) is 0 Å². The highest BCUT2D eigenvalue weighted by atomic mass is 19.1. The molecule has 7 nitrogen and oxygen atoms in total. The first kappa shape index (κ1) is 16.6. The van der Waals surface area contributed by atoms with E-state index in [1.54, 1.807) is 22.9 Å². The molecular weight excluding hydrogens is 323 g/mol. The van der Waals surface area contributed by atoms with Crippen LogP contribution in [0, 0.1) is 19.7 Å². The minimum absolute atomic E-state index is 0.269. The average Bonchev–Trinajstić information content (AvgIpc) is 2.87. The molecule has 0 fully saturated rings. The van der Waals surface area contributed by atoms with Gasteiger partial charge in [-0.05, 0) is 32.0 Å². The van der Waals surface area contributed by atoms with Gasteiger partial charge in [-0.3, -0.25) is 4.79 Å². The van der Waals surface area contributed by atoms with Crippen LogP contribution in [0.3, 0.4) is 0 Å². The lowest BCUT2D eigenvalue weighted by molar-refractivity contribution is -0.114. The molecule has 2 N–H and O–H groups in total. The van der Waals surface area contributed by atoms with Gasteiger partial charge in [0.25, 0.3) is 5.95 Å². The van der Waals surface area contributed by atoms with Crippen LogP contribution in [0.15, 0.2) is 36.4 Å². The topological polar surface area (TPSA) is 84.7 Å². The second kappa shape index (κ2) is 6.68. The van der Waals surface area contributed by atoms with Crippen LogP contribution in [-0.2, 0) is 4.79 Å². The number of nitrogens with one attached hydrogen (secondary N) is 2. The smallest absolute Gasteiger partial charge is 0.254 e. The summed E-state index contributed by atoms with van der Waals surface area (Å²) in [7, 11) is 0. The number of amides is 1. The van der Waals surface area contributed by atoms with Crippen LogP contribution in [0.1, 0.15) is 18.3 Å². The molecule has 0 aliphatic rings. The van der Waals surface area contributed by atoms with Crippen LogP contribution in [0.2, 0.25) is 0 Å². The Morgan fingerprint density at radius 3 is 2.48 bits per heavy atom. The van der Waals surface area contributed by atoms with Crippen molar-refractivity contribution in [2.75, 3.05) is 10.6 Å². The minimum atomic E-state index is -0.408. The van der Waals surface area contributed by atoms with Crippen molar-refractivity contribution in [3.8, 4) is 5.95 Å². The van der Waals surface area contributed by atoms with Gasteiger partial charge in [-0.25, -0.2) is 9.07 Å². The summed E-state index contributed by atoms with van der Waals surface area (Å²) in [6.45, 7) is 5.12. The van der Waals surface area contributed by atoms with E-state index in [0.717, 1.165) is 11.4 Å². The van der Waals surface area contributed by atoms with E-state index in [0.29, 0.717) is 11.6 Å². The Labute approximate surface area is 143 Å². The Morgan fingerprint density at radius 2 is 1.84 bits per heavy atom. The van der Waals surface area contributed by atoms with Gasteiger partial charge in [0.05, 0.1) is 11.4 Å². The molecule has 25 heavy (non-hydrogen) atoms. The predicted molar refractivity (Wildman–Crippen MR) is 92.6 cm³/mol. The van der Waals surface area contributed by atoms with Crippen LogP contribution in [0.5, 0.6) is 0 Å². The van der Waals surface area contributed by atoms with Gasteiger partial charge >= 0.3 is 0 Å². The highest BCUT2D eigenvalue weighted by Crippen LogP contribution is 2.21. The number of anilines is 3. The van der Waals surface area contributed by atoms with Crippen LogP contribution in [0.25, 0.3) is 5.95 Å². The number of rotatable bonds is 4. The zero-order valence-electron chi connectivity index (χ0n) is 14.0. The van der Waals surface area contributed by atoms with Gasteiger partial charge in [-0.2, -0.15) is 15.1 Å². The van der Waals surface area contributed by atoms with Gasteiger partial charge < -0.3 is 10.6 Å². The molecule has 8 heteroatoms. The molecule has 0 aliphatic heterocycles. The summed E-state index contributed by atoms with van der Waals surface area (Å²) in [6, 6.07) is 9.67. The first-order chi connectivity index (χ1) is 11.9. The number of nitrogens with zero attached hydrogens (tertiary/aromatic N) is 4. The SMILES string of the molecule is CC(=O)Nc1cc(Nc2ccccc2F)nc(-n2nc(C)cc2C)n1. The van der Waals surface area contributed by atoms with E-state index in [1.807, 2.05) is 19.9 Å². The summed E-state index contributed by atoms with van der Waals surface area (Å²) in [6.07, 6.45) is 0. The summed E-state index contributed by atoms with van der Waals surface area (Å²) < 4.78 is 15.4. The number of hydrogen-bond acceptors (Lipinski definition) is 5. The molecule has 0 saturated carbocycles. The largest absolute Gasteiger partial charge is 0.338 e. The summed E-state index contributed by atoms with van der Waals surface area (Å²) in [4.78, 5) is 20.1. The Bertz CT molecular complexity index is 937. The first-order valence-electron chi connectivity index (χ1n) is 7.64. The van der Waals surface area contributed by atoms with Crippen LogP contribution >= 0.6 is 0 Å². The lowest BCUT2D eigenvalue weighted by atomic mass is 10.3. The Hall–Kier alpha value is -3.29. The van der Waals surface area contributed by atoms with Crippen molar-refractivity contribution >= 4 is 23.2 Å². The van der Waals surface area contributed by atoms with E-state index in [9.17, 15) is 9.18 Å². The molecule has 128 valence electrons. The number of benzene rings is 1. The molecule has 3 aromatic rings. The Balaban J connectivity index is 2.05. The number of para-hydroxylation sites is 1. The molecule has 0 radical (unpaired) electrons. The van der Waals surface area contributed by atoms with Crippen molar-refractivity contribution < 1.29 is 9.18 Å². The predicted octanol–water partition coefficient (Wildman–Crippen LogP) is 3.12. The van der Waals surface area contributed by atoms with E-state index in [4.69, 9.17) is 0 Å². The summed E-state index contributed by atoms with van der Waals surface area (Å²) >= 11 is 0. The normalized spacial score (nSPS) is 10.6. The van der Waals surface area contributed by atoms with Gasteiger partial charge in [0, 0.05) is 18.7 Å². The molecule has 1 aromatic carbocycles. The standard InChI is InChI=1S/C17H17FN6O/c1-10-8-11(2)24(23-10)17-21-15(19-12(3)25)9-16(22-17)20-14-7-5-4-6-13(14)18/h4-9H,1-3H3,(H2,19,20,21,22,25). The summed E-state index contributed by atoms with van der Waals surface area (Å²) in [5, 5.41) is 9.86. The van der Waals surface area contributed by atoms with Crippen molar-refractivity contribution in [3.05, 3.63) is 53.6 Å². The fourth-order valence-corrected chi connectivity index (χ4v) is 2.37. The molecule has 2 heterocycles. The van der Waals surface area contributed by atoms with E-state index in [1.165, 1.54) is 19.1 Å². The maximum atomic E-state index is 13.9. The molecule has 0 spiro atoms. The molecule has 2 aromatic heterocycles. The fraction of sp³-hybridized carbons (Fsp3) is 0.176. The highest BCUT2D eigenvalue weighted by Gasteiger charge is 2.12. The van der Waals surface area contributed by atoms with Crippen molar-refractivity contribution in [1.82, 2.24) is 19.7 Å². The van der Waals surface area contributed by atoms with E-state index < -0.39 is 5.82 Å². The lowest BCUT2D eigenvalue weighted by Gasteiger charge is -2.11. The molecule has 0 atom stereocenters. The third kappa shape index (κ3) is 3.79. The monoisotopic (exact) mass is 340 g/mol. The van der Waals surface area contributed by atoms with E-state index >= 15 is 0 Å². The highest BCUT2D eigenvalue weighted by molar-refractivity contribution is 5.88. The zero-order chi connectivity index (χ0) is 18.0. The Morgan fingerprint density at radius 1 is 1.12 bits per heavy atom. The quantitative estimate of drug-likeness (QED) is 0.762. The number of halogens is 1. The number of carbonyl (C=O) groups is 1. The zero-order valence-corrected chi connectivity index (χ0v) is 14.0. The second-order valence-corrected chi connectivity index (χ2v) is 5.56. The summed E-state index contributed by atoms with van der Waals surface area (Å²) in [5.74, 6) is 0.232. The van der Waals surface area contributed by atoms with Crippen LogP contribution in [0.4, 0.5) is 21.7 Å². The van der Waals surface area contributed by atoms with Crippen LogP contribution < -0.4 is 10.6 Å². The van der Waals surface area contributed by atoms with E-state index in [-0.39, 0.29) is 17.5 Å². The second-order valence-electron chi connectivity index (χ2n) is 5.56. The minimum Gasteiger partial charge on any atom is -0.338 e. The summed E-state index contributed by atoms with van der Waals surface area (Å²) in [5.41, 5.74) is 1.93. The third-order valence-electron chi connectivity index (χ3n) is 3.35. The number of aromatic nitrogens is 4. The van der Waals surface area contributed by atoms with Crippen molar-refractivity contribution in [1.29, 1.82) is 0 Å². The maximum Gasteiger partial charge on any atom is 0.254 e. The number of hydrogen-bond donors (Lipinski definition) is 2.